The predicted molar refractivity (Wildman–Crippen MR) is 13.2 cm³/mol. The number of rotatable bonds is 0. The molecule has 0 unspecified atom stereocenters. The molecule has 3 nitrogen and oxygen atoms in total. The van der Waals surface area contributed by atoms with Crippen molar-refractivity contribution in [2.75, 3.05) is 0 Å². The van der Waals surface area contributed by atoms with Crippen LogP contribution < -0.4 is 7.38 Å². The van der Waals surface area contributed by atoms with Crippen LogP contribution in [0, 0.1) is 0 Å². The van der Waals surface area contributed by atoms with E-state index in [1.807, 2.05) is 0 Å². The fourth-order valence-electron chi connectivity index (χ4n) is 0. The zero-order valence-corrected chi connectivity index (χ0v) is 7.47. The van der Waals surface area contributed by atoms with Crippen LogP contribution >= 0.6 is 0 Å². The smallest absolute Gasteiger partial charge is 2.00 e. The minimum Gasteiger partial charge on any atom is 2.00 e. The Morgan fingerprint density at radius 2 is 1.33 bits per heavy atom. The third-order valence-corrected chi connectivity index (χ3v) is 0. The van der Waals surface area contributed by atoms with Crippen molar-refractivity contribution in [3.8, 4) is 0 Å². The van der Waals surface area contributed by atoms with E-state index in [-0.39, 0.29) is 52.9 Å². The monoisotopic (exact) mass is 200 g/mol. The summed E-state index contributed by atoms with van der Waals surface area (Å²) in [6, 6.07) is 0. The molecule has 0 saturated carbocycles. The van der Waals surface area contributed by atoms with E-state index in [4.69, 9.17) is 10.7 Å². The first-order valence-electron chi connectivity index (χ1n) is 0.612. The molecule has 0 aromatic heterocycles. The summed E-state index contributed by atoms with van der Waals surface area (Å²) < 4.78 is 25.8. The first kappa shape index (κ1) is 15.7. The fourth-order valence-corrected chi connectivity index (χ4v) is 0. The normalized spacial score (nSPS) is 4.33. The summed E-state index contributed by atoms with van der Waals surface area (Å²) in [6.45, 7) is 0. The average molecular weight is 200 g/mol. The zero-order chi connectivity index (χ0) is 3.58. The van der Waals surface area contributed by atoms with Crippen molar-refractivity contribution in [3.05, 3.63) is 0 Å². The van der Waals surface area contributed by atoms with E-state index in [0.717, 1.165) is 0 Å². The molecule has 0 radical (unpaired) electrons. The third kappa shape index (κ3) is 39.0. The maximum absolute atomic E-state index is 8.58. The largest absolute Gasteiger partial charge is 2.00 e. The van der Waals surface area contributed by atoms with Gasteiger partial charge in [-0.1, -0.05) is 7.43 Å². The Kier molecular flexibility index (Phi) is 26.2. The standard InChI is InChI=1S/CH4.3O.Sr.Ti/h1H4;;;;;/q;;2*-1;+2;. The quantitative estimate of drug-likeness (QED) is 0.414. The molecule has 0 fully saturated rings. The van der Waals surface area contributed by atoms with Gasteiger partial charge < -0.3 is 0 Å². The SMILES string of the molecule is C.[O]=[Ti]([O-])[O-].[Sr+2]. The van der Waals surface area contributed by atoms with Crippen molar-refractivity contribution in [3.63, 3.8) is 0 Å². The van der Waals surface area contributed by atoms with Crippen molar-refractivity contribution < 1.29 is 29.3 Å². The molecular formula is CH4O3SrTi. The molecule has 0 aliphatic rings. The van der Waals surface area contributed by atoms with E-state index >= 15 is 0 Å². The Hall–Kier alpha value is 1.91. The molecule has 5 heteroatoms. The van der Waals surface area contributed by atoms with Gasteiger partial charge in [0, 0.05) is 0 Å². The van der Waals surface area contributed by atoms with Crippen molar-refractivity contribution in [1.82, 2.24) is 0 Å². The van der Waals surface area contributed by atoms with Crippen LogP contribution in [0.1, 0.15) is 7.43 Å². The van der Waals surface area contributed by atoms with Crippen LogP contribution in [0.5, 0.6) is 0 Å². The molecule has 6 heavy (non-hydrogen) atoms. The molecule has 0 aromatic carbocycles. The minimum absolute atomic E-state index is 0. The maximum atomic E-state index is 8.58. The minimum atomic E-state index is -4.08. The van der Waals surface area contributed by atoms with Gasteiger partial charge in [0.25, 0.3) is 0 Å². The van der Waals surface area contributed by atoms with Gasteiger partial charge in [-0.3, -0.25) is 0 Å². The Bertz CT molecular complexity index is 33.8. The van der Waals surface area contributed by atoms with Gasteiger partial charge in [-0.15, -0.1) is 0 Å². The molecule has 0 spiro atoms. The second-order valence-corrected chi connectivity index (χ2v) is 1.03. The van der Waals surface area contributed by atoms with Gasteiger partial charge in [-0.25, -0.2) is 0 Å². The summed E-state index contributed by atoms with van der Waals surface area (Å²) in [6.07, 6.45) is 0. The second-order valence-electron chi connectivity index (χ2n) is 0.250. The van der Waals surface area contributed by atoms with Gasteiger partial charge >= 0.3 is 74.8 Å². The molecule has 0 heterocycles. The van der Waals surface area contributed by atoms with Gasteiger partial charge in [0.2, 0.25) is 0 Å². The van der Waals surface area contributed by atoms with Gasteiger partial charge in [0.1, 0.15) is 0 Å². The summed E-state index contributed by atoms with van der Waals surface area (Å²) in [4.78, 5) is 0. The molecule has 0 aromatic rings. The van der Waals surface area contributed by atoms with Crippen molar-refractivity contribution in [2.45, 2.75) is 7.43 Å². The van der Waals surface area contributed by atoms with E-state index in [1.54, 1.807) is 0 Å². The van der Waals surface area contributed by atoms with Gasteiger partial charge in [0.05, 0.1) is 0 Å². The van der Waals surface area contributed by atoms with Crippen molar-refractivity contribution in [1.29, 1.82) is 0 Å². The summed E-state index contributed by atoms with van der Waals surface area (Å²) in [5.74, 6) is 0. The molecule has 0 amide bonds. The van der Waals surface area contributed by atoms with Crippen molar-refractivity contribution in [2.24, 2.45) is 0 Å². The summed E-state index contributed by atoms with van der Waals surface area (Å²) in [5.41, 5.74) is 0. The Morgan fingerprint density at radius 3 is 1.33 bits per heavy atom. The molecule has 0 aliphatic heterocycles. The third-order valence-electron chi connectivity index (χ3n) is 0. The summed E-state index contributed by atoms with van der Waals surface area (Å²) >= 11 is -4.08. The van der Waals surface area contributed by atoms with Crippen LogP contribution in [-0.2, 0) is 21.9 Å². The average Bonchev–Trinajstić information content (AvgIpc) is 0.811. The van der Waals surface area contributed by atoms with Crippen molar-refractivity contribution >= 4 is 45.5 Å². The Labute approximate surface area is 80.7 Å². The molecule has 0 saturated heterocycles. The summed E-state index contributed by atoms with van der Waals surface area (Å²) in [5, 5.41) is 0. The van der Waals surface area contributed by atoms with Crippen LogP contribution in [0.25, 0.3) is 0 Å². The van der Waals surface area contributed by atoms with Crippen LogP contribution in [0.3, 0.4) is 0 Å². The summed E-state index contributed by atoms with van der Waals surface area (Å²) in [7, 11) is 0. The van der Waals surface area contributed by atoms with Crippen LogP contribution in [-0.4, -0.2) is 45.5 Å². The first-order chi connectivity index (χ1) is 1.73. The molecular weight excluding hydrogens is 195 g/mol. The van der Waals surface area contributed by atoms with E-state index in [1.165, 1.54) is 0 Å². The Balaban J connectivity index is -0.0000000450. The van der Waals surface area contributed by atoms with Gasteiger partial charge in [-0.2, -0.15) is 0 Å². The Morgan fingerprint density at radius 1 is 1.33 bits per heavy atom. The number of hydrogen-bond donors (Lipinski definition) is 0. The van der Waals surface area contributed by atoms with Gasteiger partial charge in [-0.05, 0) is 0 Å². The molecule has 0 aliphatic carbocycles. The van der Waals surface area contributed by atoms with E-state index in [9.17, 15) is 0 Å². The zero-order valence-electron chi connectivity index (χ0n) is 2.43. The molecule has 0 rings (SSSR count). The topological polar surface area (TPSA) is 63.2 Å². The molecule has 0 atom stereocenters. The van der Waals surface area contributed by atoms with Gasteiger partial charge in [0.15, 0.2) is 0 Å². The van der Waals surface area contributed by atoms with E-state index in [2.05, 4.69) is 0 Å². The molecule has 0 bridgehead atoms. The van der Waals surface area contributed by atoms with Crippen LogP contribution in [0.15, 0.2) is 0 Å². The second kappa shape index (κ2) is 10.0. The maximum Gasteiger partial charge on any atom is 2.00 e. The number of hydrogen-bond acceptors (Lipinski definition) is 3. The molecule has 32 valence electrons. The van der Waals surface area contributed by atoms with E-state index < -0.39 is 18.6 Å². The van der Waals surface area contributed by atoms with E-state index in [0.29, 0.717) is 0 Å². The van der Waals surface area contributed by atoms with Crippen LogP contribution in [0.2, 0.25) is 0 Å². The first-order valence-corrected chi connectivity index (χ1v) is 2.52. The van der Waals surface area contributed by atoms with Crippen LogP contribution in [0.4, 0.5) is 0 Å². The molecule has 0 N–H and O–H groups in total. The predicted octanol–water partition coefficient (Wildman–Crippen LogP) is -2.24. The fraction of sp³-hybridized carbons (Fsp3) is 1.00.